The van der Waals surface area contributed by atoms with Crippen molar-refractivity contribution in [2.24, 2.45) is 5.92 Å². The van der Waals surface area contributed by atoms with Gasteiger partial charge in [-0.05, 0) is 38.1 Å². The highest BCUT2D eigenvalue weighted by molar-refractivity contribution is 5.81. The third kappa shape index (κ3) is 2.06. The second-order valence-corrected chi connectivity index (χ2v) is 5.09. The molecule has 1 aliphatic heterocycles. The third-order valence-electron chi connectivity index (χ3n) is 3.66. The Morgan fingerprint density at radius 3 is 3.05 bits per heavy atom. The van der Waals surface area contributed by atoms with E-state index in [0.717, 1.165) is 19.5 Å². The van der Waals surface area contributed by atoms with Gasteiger partial charge in [-0.25, -0.2) is 9.07 Å². The van der Waals surface area contributed by atoms with Gasteiger partial charge in [0.05, 0.1) is 0 Å². The van der Waals surface area contributed by atoms with Gasteiger partial charge in [0.15, 0.2) is 0 Å². The maximum absolute atomic E-state index is 13.7. The van der Waals surface area contributed by atoms with Gasteiger partial charge >= 0.3 is 0 Å². The van der Waals surface area contributed by atoms with Crippen molar-refractivity contribution in [2.45, 2.75) is 13.0 Å². The maximum Gasteiger partial charge on any atom is 0.143 e. The van der Waals surface area contributed by atoms with Gasteiger partial charge in [-0.2, -0.15) is 5.26 Å². The van der Waals surface area contributed by atoms with Gasteiger partial charge in [0.25, 0.3) is 0 Å². The Labute approximate surface area is 110 Å². The molecule has 0 saturated carbocycles. The highest BCUT2D eigenvalue weighted by atomic mass is 19.1. The topological polar surface area (TPSA) is 57.7 Å². The monoisotopic (exact) mass is 259 g/mol. The SMILES string of the molecule is CN1CCC(Cn2nnc3ccc(F)c(C#N)c32)C1. The van der Waals surface area contributed by atoms with E-state index < -0.39 is 5.82 Å². The summed E-state index contributed by atoms with van der Waals surface area (Å²) >= 11 is 0. The fourth-order valence-corrected chi connectivity index (χ4v) is 2.70. The molecule has 1 aromatic carbocycles. The second-order valence-electron chi connectivity index (χ2n) is 5.09. The van der Waals surface area contributed by atoms with Crippen LogP contribution in [0, 0.1) is 23.1 Å². The van der Waals surface area contributed by atoms with Crippen LogP contribution in [-0.4, -0.2) is 40.0 Å². The van der Waals surface area contributed by atoms with Crippen LogP contribution in [0.15, 0.2) is 12.1 Å². The van der Waals surface area contributed by atoms with Crippen LogP contribution in [-0.2, 0) is 6.54 Å². The molecular weight excluding hydrogens is 245 g/mol. The smallest absolute Gasteiger partial charge is 0.143 e. The van der Waals surface area contributed by atoms with E-state index in [-0.39, 0.29) is 5.56 Å². The van der Waals surface area contributed by atoms with Gasteiger partial charge in [-0.1, -0.05) is 5.21 Å². The molecule has 19 heavy (non-hydrogen) atoms. The summed E-state index contributed by atoms with van der Waals surface area (Å²) in [4.78, 5) is 2.26. The van der Waals surface area contributed by atoms with Gasteiger partial charge < -0.3 is 4.90 Å². The minimum absolute atomic E-state index is 0.0360. The molecule has 0 spiro atoms. The predicted molar refractivity (Wildman–Crippen MR) is 67.8 cm³/mol. The second kappa shape index (κ2) is 4.59. The molecule has 2 aromatic rings. The molecule has 0 amide bonds. The third-order valence-corrected chi connectivity index (χ3v) is 3.66. The molecule has 2 heterocycles. The number of aromatic nitrogens is 3. The summed E-state index contributed by atoms with van der Waals surface area (Å²) in [5.41, 5.74) is 1.12. The van der Waals surface area contributed by atoms with Gasteiger partial charge in [0.1, 0.15) is 28.5 Å². The molecule has 1 aliphatic rings. The van der Waals surface area contributed by atoms with Crippen molar-refractivity contribution in [3.63, 3.8) is 0 Å². The van der Waals surface area contributed by atoms with Gasteiger partial charge in [0, 0.05) is 13.1 Å². The number of nitriles is 1. The number of hydrogen-bond acceptors (Lipinski definition) is 4. The quantitative estimate of drug-likeness (QED) is 0.818. The van der Waals surface area contributed by atoms with Gasteiger partial charge in [-0.3, -0.25) is 0 Å². The molecule has 1 fully saturated rings. The average molecular weight is 259 g/mol. The Hall–Kier alpha value is -2.00. The standard InChI is InChI=1S/C13H14FN5/c1-18-5-4-9(7-18)8-19-13-10(6-15)11(14)2-3-12(13)16-17-19/h2-3,9H,4-5,7-8H2,1H3. The van der Waals surface area contributed by atoms with E-state index in [1.54, 1.807) is 10.7 Å². The summed E-state index contributed by atoms with van der Waals surface area (Å²) in [6, 6.07) is 4.74. The zero-order chi connectivity index (χ0) is 13.4. The number of nitrogens with zero attached hydrogens (tertiary/aromatic N) is 5. The molecule has 0 aliphatic carbocycles. The normalized spacial score (nSPS) is 19.9. The lowest BCUT2D eigenvalue weighted by atomic mass is 10.1. The molecule has 5 nitrogen and oxygen atoms in total. The first-order valence-corrected chi connectivity index (χ1v) is 6.29. The lowest BCUT2D eigenvalue weighted by Gasteiger charge is -2.11. The van der Waals surface area contributed by atoms with Crippen LogP contribution >= 0.6 is 0 Å². The number of hydrogen-bond donors (Lipinski definition) is 0. The number of benzene rings is 1. The summed E-state index contributed by atoms with van der Waals surface area (Å²) in [7, 11) is 2.08. The van der Waals surface area contributed by atoms with Crippen molar-refractivity contribution in [3.05, 3.63) is 23.5 Å². The highest BCUT2D eigenvalue weighted by Gasteiger charge is 2.22. The highest BCUT2D eigenvalue weighted by Crippen LogP contribution is 2.22. The molecule has 1 unspecified atom stereocenters. The van der Waals surface area contributed by atoms with Crippen LogP contribution in [0.1, 0.15) is 12.0 Å². The summed E-state index contributed by atoms with van der Waals surface area (Å²) in [5, 5.41) is 17.2. The van der Waals surface area contributed by atoms with Crippen LogP contribution < -0.4 is 0 Å². The van der Waals surface area contributed by atoms with Crippen LogP contribution in [0.25, 0.3) is 11.0 Å². The van der Waals surface area contributed by atoms with E-state index in [4.69, 9.17) is 5.26 Å². The van der Waals surface area contributed by atoms with Crippen molar-refractivity contribution < 1.29 is 4.39 Å². The van der Waals surface area contributed by atoms with Gasteiger partial charge in [-0.15, -0.1) is 5.10 Å². The van der Waals surface area contributed by atoms with Crippen molar-refractivity contribution >= 4 is 11.0 Å². The van der Waals surface area contributed by atoms with Crippen molar-refractivity contribution in [2.75, 3.05) is 20.1 Å². The largest absolute Gasteiger partial charge is 0.306 e. The number of likely N-dealkylation sites (tertiary alicyclic amines) is 1. The first-order valence-electron chi connectivity index (χ1n) is 6.29. The molecule has 0 N–H and O–H groups in total. The van der Waals surface area contributed by atoms with E-state index in [0.29, 0.717) is 23.5 Å². The van der Waals surface area contributed by atoms with E-state index >= 15 is 0 Å². The molecule has 98 valence electrons. The zero-order valence-electron chi connectivity index (χ0n) is 10.7. The number of rotatable bonds is 2. The van der Waals surface area contributed by atoms with Crippen LogP contribution in [0.3, 0.4) is 0 Å². The fourth-order valence-electron chi connectivity index (χ4n) is 2.70. The molecule has 1 aromatic heterocycles. The molecular formula is C13H14FN5. The van der Waals surface area contributed by atoms with Crippen LogP contribution in [0.2, 0.25) is 0 Å². The van der Waals surface area contributed by atoms with E-state index in [1.165, 1.54) is 6.07 Å². The van der Waals surface area contributed by atoms with Crippen molar-refractivity contribution in [1.29, 1.82) is 5.26 Å². The summed E-state index contributed by atoms with van der Waals surface area (Å²) in [6.45, 7) is 2.74. The summed E-state index contributed by atoms with van der Waals surface area (Å²) in [5.74, 6) is -0.0354. The Kier molecular flexibility index (Phi) is 2.91. The number of halogens is 1. The van der Waals surface area contributed by atoms with Gasteiger partial charge in [0.2, 0.25) is 0 Å². The first-order chi connectivity index (χ1) is 9.19. The number of fused-ring (bicyclic) bond motifs is 1. The summed E-state index contributed by atoms with van der Waals surface area (Å²) < 4.78 is 15.3. The average Bonchev–Trinajstić information content (AvgIpc) is 2.97. The summed E-state index contributed by atoms with van der Waals surface area (Å²) in [6.07, 6.45) is 1.09. The lowest BCUT2D eigenvalue weighted by molar-refractivity contribution is 0.370. The molecule has 1 saturated heterocycles. The Morgan fingerprint density at radius 2 is 2.37 bits per heavy atom. The maximum atomic E-state index is 13.7. The Morgan fingerprint density at radius 1 is 1.53 bits per heavy atom. The molecule has 0 bridgehead atoms. The predicted octanol–water partition coefficient (Wildman–Crippen LogP) is 1.39. The Bertz CT molecular complexity index is 657. The molecule has 0 radical (unpaired) electrons. The lowest BCUT2D eigenvalue weighted by Crippen LogP contribution is -2.17. The van der Waals surface area contributed by atoms with E-state index in [1.807, 2.05) is 6.07 Å². The van der Waals surface area contributed by atoms with Crippen molar-refractivity contribution in [3.8, 4) is 6.07 Å². The molecule has 1 atom stereocenters. The van der Waals surface area contributed by atoms with Crippen molar-refractivity contribution in [1.82, 2.24) is 19.9 Å². The molecule has 3 rings (SSSR count). The minimum Gasteiger partial charge on any atom is -0.306 e. The first kappa shape index (κ1) is 12.1. The zero-order valence-corrected chi connectivity index (χ0v) is 10.7. The van der Waals surface area contributed by atoms with E-state index in [9.17, 15) is 4.39 Å². The van der Waals surface area contributed by atoms with Crippen LogP contribution in [0.5, 0.6) is 0 Å². The fraction of sp³-hybridized carbons (Fsp3) is 0.462. The van der Waals surface area contributed by atoms with E-state index in [2.05, 4.69) is 22.3 Å². The minimum atomic E-state index is -0.512. The van der Waals surface area contributed by atoms with Crippen LogP contribution in [0.4, 0.5) is 4.39 Å². The molecule has 6 heteroatoms. The Balaban J connectivity index is 2.00.